The van der Waals surface area contributed by atoms with Crippen LogP contribution in [0.2, 0.25) is 0 Å². The third kappa shape index (κ3) is 7.23. The van der Waals surface area contributed by atoms with E-state index >= 15 is 0 Å². The molecule has 5 nitrogen and oxygen atoms in total. The van der Waals surface area contributed by atoms with Crippen molar-refractivity contribution >= 4 is 0 Å². The fraction of sp³-hybridized carbons (Fsp3) is 1.00. The van der Waals surface area contributed by atoms with Crippen LogP contribution in [0.3, 0.4) is 0 Å². The molecular formula is C5H11N3O2. The Morgan fingerprint density at radius 2 is 2.30 bits per heavy atom. The molecule has 5 heteroatoms. The fourth-order valence-corrected chi connectivity index (χ4v) is 0.472. The van der Waals surface area contributed by atoms with Gasteiger partial charge in [-0.1, -0.05) is 5.11 Å². The molecule has 0 aromatic heterocycles. The molecule has 0 heterocycles. The van der Waals surface area contributed by atoms with E-state index < -0.39 is 0 Å². The molecule has 0 aliphatic rings. The summed E-state index contributed by atoms with van der Waals surface area (Å²) in [5.74, 6) is 0. The lowest BCUT2D eigenvalue weighted by atomic mass is 10.3. The summed E-state index contributed by atoms with van der Waals surface area (Å²) in [4.78, 5) is 11.5. The van der Waals surface area contributed by atoms with Gasteiger partial charge in [0.2, 0.25) is 0 Å². The van der Waals surface area contributed by atoms with Crippen LogP contribution in [0.25, 0.3) is 10.4 Å². The maximum Gasteiger partial charge on any atom is 0.0822 e. The second kappa shape index (κ2) is 8.23. The SMILES string of the molecule is COOCCCCN=[N+]=[N-]. The summed E-state index contributed by atoms with van der Waals surface area (Å²) in [7, 11) is 1.47. The van der Waals surface area contributed by atoms with E-state index in [0.717, 1.165) is 12.8 Å². The van der Waals surface area contributed by atoms with Crippen molar-refractivity contribution in [1.82, 2.24) is 0 Å². The summed E-state index contributed by atoms with van der Waals surface area (Å²) in [6.07, 6.45) is 1.69. The Bertz CT molecular complexity index is 111. The third-order valence-electron chi connectivity index (χ3n) is 0.917. The summed E-state index contributed by atoms with van der Waals surface area (Å²) in [5, 5.41) is 3.35. The summed E-state index contributed by atoms with van der Waals surface area (Å²) in [6, 6.07) is 0. The van der Waals surface area contributed by atoms with E-state index in [1.165, 1.54) is 7.11 Å². The van der Waals surface area contributed by atoms with Crippen molar-refractivity contribution in [1.29, 1.82) is 0 Å². The summed E-state index contributed by atoms with van der Waals surface area (Å²) < 4.78 is 0. The summed E-state index contributed by atoms with van der Waals surface area (Å²) in [5.41, 5.74) is 7.87. The first kappa shape index (κ1) is 9.23. The van der Waals surface area contributed by atoms with Crippen LogP contribution in [0.4, 0.5) is 0 Å². The van der Waals surface area contributed by atoms with Crippen LogP contribution in [0.1, 0.15) is 12.8 Å². The lowest BCUT2D eigenvalue weighted by Gasteiger charge is -1.96. The second-order valence-corrected chi connectivity index (χ2v) is 1.65. The van der Waals surface area contributed by atoms with E-state index in [9.17, 15) is 0 Å². The minimum absolute atomic E-state index is 0.531. The van der Waals surface area contributed by atoms with Crippen molar-refractivity contribution in [2.24, 2.45) is 5.11 Å². The third-order valence-corrected chi connectivity index (χ3v) is 0.917. The Morgan fingerprint density at radius 3 is 2.90 bits per heavy atom. The highest BCUT2D eigenvalue weighted by Gasteiger charge is 1.85. The smallest absolute Gasteiger partial charge is 0.0822 e. The van der Waals surface area contributed by atoms with Gasteiger partial charge in [-0.05, 0) is 18.4 Å². The van der Waals surface area contributed by atoms with Gasteiger partial charge in [-0.2, -0.15) is 0 Å². The quantitative estimate of drug-likeness (QED) is 0.142. The zero-order valence-corrected chi connectivity index (χ0v) is 5.99. The average Bonchev–Trinajstić information content (AvgIpc) is 1.97. The van der Waals surface area contributed by atoms with Crippen molar-refractivity contribution < 1.29 is 9.78 Å². The van der Waals surface area contributed by atoms with Crippen molar-refractivity contribution in [3.8, 4) is 0 Å². The highest BCUT2D eigenvalue weighted by Crippen LogP contribution is 1.90. The number of hydrogen-bond acceptors (Lipinski definition) is 3. The molecule has 0 rings (SSSR count). The van der Waals surface area contributed by atoms with Crippen LogP contribution < -0.4 is 0 Å². The minimum Gasteiger partial charge on any atom is -0.240 e. The topological polar surface area (TPSA) is 67.2 Å². The van der Waals surface area contributed by atoms with Gasteiger partial charge in [0.15, 0.2) is 0 Å². The number of unbranched alkanes of at least 4 members (excludes halogenated alkanes) is 1. The minimum atomic E-state index is 0.531. The monoisotopic (exact) mass is 145 g/mol. The van der Waals surface area contributed by atoms with E-state index in [1.807, 2.05) is 0 Å². The zero-order chi connectivity index (χ0) is 7.66. The van der Waals surface area contributed by atoms with Gasteiger partial charge in [0.05, 0.1) is 13.7 Å². The molecule has 0 saturated heterocycles. The highest BCUT2D eigenvalue weighted by molar-refractivity contribution is 4.46. The first-order chi connectivity index (χ1) is 4.91. The lowest BCUT2D eigenvalue weighted by Crippen LogP contribution is -1.93. The Labute approximate surface area is 59.5 Å². The highest BCUT2D eigenvalue weighted by atomic mass is 17.2. The lowest BCUT2D eigenvalue weighted by molar-refractivity contribution is -0.272. The molecular weight excluding hydrogens is 134 g/mol. The van der Waals surface area contributed by atoms with Gasteiger partial charge in [0.25, 0.3) is 0 Å². The van der Waals surface area contributed by atoms with E-state index in [2.05, 4.69) is 19.8 Å². The Balaban J connectivity index is 2.83. The van der Waals surface area contributed by atoms with Crippen LogP contribution in [0.5, 0.6) is 0 Å². The molecule has 0 aliphatic heterocycles. The predicted octanol–water partition coefficient (Wildman–Crippen LogP) is 1.65. The molecule has 0 aromatic carbocycles. The second-order valence-electron chi connectivity index (χ2n) is 1.65. The van der Waals surface area contributed by atoms with Crippen molar-refractivity contribution in [2.45, 2.75) is 12.8 Å². The Morgan fingerprint density at radius 1 is 1.50 bits per heavy atom. The Hall–Kier alpha value is -0.770. The molecule has 58 valence electrons. The fourth-order valence-electron chi connectivity index (χ4n) is 0.472. The van der Waals surface area contributed by atoms with E-state index in [1.54, 1.807) is 0 Å². The molecule has 0 unspecified atom stereocenters. The Kier molecular flexibility index (Phi) is 7.60. The molecule has 0 amide bonds. The maximum atomic E-state index is 7.87. The van der Waals surface area contributed by atoms with Gasteiger partial charge < -0.3 is 0 Å². The van der Waals surface area contributed by atoms with E-state index in [4.69, 9.17) is 5.53 Å². The van der Waals surface area contributed by atoms with Crippen LogP contribution >= 0.6 is 0 Å². The van der Waals surface area contributed by atoms with Crippen LogP contribution in [-0.2, 0) is 9.78 Å². The molecule has 0 atom stereocenters. The van der Waals surface area contributed by atoms with Crippen LogP contribution in [-0.4, -0.2) is 20.3 Å². The molecule has 0 bridgehead atoms. The van der Waals surface area contributed by atoms with Crippen molar-refractivity contribution in [3.63, 3.8) is 0 Å². The number of rotatable bonds is 6. The number of azide groups is 1. The standard InChI is InChI=1S/C5H11N3O2/c1-9-10-5-3-2-4-7-8-6/h2-5H2,1H3. The van der Waals surface area contributed by atoms with Gasteiger partial charge in [0.1, 0.15) is 0 Å². The van der Waals surface area contributed by atoms with Gasteiger partial charge in [0, 0.05) is 11.5 Å². The maximum absolute atomic E-state index is 7.87. The van der Waals surface area contributed by atoms with Gasteiger partial charge in [-0.15, -0.1) is 0 Å². The van der Waals surface area contributed by atoms with Gasteiger partial charge in [-0.25, -0.2) is 9.78 Å². The van der Waals surface area contributed by atoms with Crippen LogP contribution in [0, 0.1) is 0 Å². The molecule has 0 saturated carbocycles. The normalized spacial score (nSPS) is 8.90. The van der Waals surface area contributed by atoms with Gasteiger partial charge in [-0.3, -0.25) is 0 Å². The molecule has 0 radical (unpaired) electrons. The van der Waals surface area contributed by atoms with Crippen molar-refractivity contribution in [3.05, 3.63) is 10.4 Å². The molecule has 0 aromatic rings. The summed E-state index contributed by atoms with van der Waals surface area (Å²) in [6.45, 7) is 1.08. The van der Waals surface area contributed by atoms with Crippen molar-refractivity contribution in [2.75, 3.05) is 20.3 Å². The molecule has 0 N–H and O–H groups in total. The molecule has 0 fully saturated rings. The first-order valence-electron chi connectivity index (χ1n) is 3.08. The summed E-state index contributed by atoms with van der Waals surface area (Å²) >= 11 is 0. The zero-order valence-electron chi connectivity index (χ0n) is 5.99. The molecule has 0 aliphatic carbocycles. The largest absolute Gasteiger partial charge is 0.240 e. The van der Waals surface area contributed by atoms with E-state index in [0.29, 0.717) is 13.2 Å². The van der Waals surface area contributed by atoms with Gasteiger partial charge >= 0.3 is 0 Å². The first-order valence-corrected chi connectivity index (χ1v) is 3.08. The predicted molar refractivity (Wildman–Crippen MR) is 36.2 cm³/mol. The number of hydrogen-bond donors (Lipinski definition) is 0. The van der Waals surface area contributed by atoms with E-state index in [-0.39, 0.29) is 0 Å². The molecule has 10 heavy (non-hydrogen) atoms. The van der Waals surface area contributed by atoms with Crippen LogP contribution in [0.15, 0.2) is 5.11 Å². The number of nitrogens with zero attached hydrogens (tertiary/aromatic N) is 3. The average molecular weight is 145 g/mol. The molecule has 0 spiro atoms.